The minimum atomic E-state index is -4.51. The number of hydrogen-bond donors (Lipinski definition) is 3. The summed E-state index contributed by atoms with van der Waals surface area (Å²) in [5.41, 5.74) is 1.61. The summed E-state index contributed by atoms with van der Waals surface area (Å²) in [6, 6.07) is 13.9. The lowest BCUT2D eigenvalue weighted by Gasteiger charge is -2.33. The zero-order valence-corrected chi connectivity index (χ0v) is 40.8. The second-order valence-corrected chi connectivity index (χ2v) is 21.2. The zero-order chi connectivity index (χ0) is 48.2. The van der Waals surface area contributed by atoms with E-state index < -0.39 is 61.9 Å². The van der Waals surface area contributed by atoms with Gasteiger partial charge in [-0.2, -0.15) is 21.4 Å². The van der Waals surface area contributed by atoms with Gasteiger partial charge in [-0.15, -0.1) is 0 Å². The van der Waals surface area contributed by atoms with Crippen LogP contribution < -0.4 is 24.4 Å². The molecule has 1 aromatic heterocycles. The molecule has 356 valence electrons. The standard InChI is InChI=1S/C43H44Cl2N6O12S4/c1-3-5-16-50-41(53)30(10-14-38-47(4-2)31-24-29(67(59,60)61)9-11-34(31)63-38)42(54)51(43(50)55)26-37(52)46-15-19-62-20-18-49-33-23-28(45)8-13-36(33)65-40(49)25-39-48(17-6-21-66(56,57)58)32-22-27(44)7-12-35(32)64-39/h7-14,22-25H,3-6,15-21,26H2,1-2H3,(H2-,46,52,56,57,58,59,60,61)/p+1. The molecule has 3 aliphatic heterocycles. The third-order valence-corrected chi connectivity index (χ3v) is 15.0. The lowest BCUT2D eigenvalue weighted by Crippen LogP contribution is -2.58. The number of benzene rings is 3. The number of nitrogens with zero attached hydrogens (tertiary/aromatic N) is 5. The monoisotopic (exact) mass is 1040 g/mol. The molecule has 24 heteroatoms. The zero-order valence-electron chi connectivity index (χ0n) is 36.0. The van der Waals surface area contributed by atoms with E-state index in [-0.39, 0.29) is 55.8 Å². The maximum atomic E-state index is 13.7. The van der Waals surface area contributed by atoms with Gasteiger partial charge in [0.2, 0.25) is 17.3 Å². The van der Waals surface area contributed by atoms with E-state index in [0.29, 0.717) is 46.6 Å². The molecular weight excluding hydrogens is 992 g/mol. The first-order chi connectivity index (χ1) is 31.9. The quantitative estimate of drug-likeness (QED) is 0.0306. The molecule has 3 aliphatic rings. The summed E-state index contributed by atoms with van der Waals surface area (Å²) in [5.74, 6) is -2.50. The summed E-state index contributed by atoms with van der Waals surface area (Å²) in [7, 11) is -8.67. The number of urea groups is 1. The van der Waals surface area contributed by atoms with Crippen molar-refractivity contribution in [3.05, 3.63) is 98.3 Å². The maximum Gasteiger partial charge on any atom is 0.334 e. The predicted octanol–water partition coefficient (Wildman–Crippen LogP) is 6.34. The van der Waals surface area contributed by atoms with Gasteiger partial charge >= 0.3 is 6.03 Å². The average Bonchev–Trinajstić information content (AvgIpc) is 3.92. The van der Waals surface area contributed by atoms with Crippen LogP contribution in [0, 0.1) is 0 Å². The summed E-state index contributed by atoms with van der Waals surface area (Å²) in [6.07, 6.45) is 5.78. The Kier molecular flexibility index (Phi) is 15.7. The van der Waals surface area contributed by atoms with Crippen molar-refractivity contribution in [3.8, 4) is 5.75 Å². The third-order valence-electron chi connectivity index (χ3n) is 10.6. The number of aryl methyl sites for hydroxylation is 1. The van der Waals surface area contributed by atoms with Gasteiger partial charge in [0.15, 0.2) is 12.3 Å². The Hall–Kier alpha value is -5.04. The number of thioether (sulfide) groups is 1. The number of ether oxygens (including phenoxy) is 2. The number of anilines is 2. The lowest BCUT2D eigenvalue weighted by atomic mass is 10.1. The second kappa shape index (κ2) is 21.1. The van der Waals surface area contributed by atoms with Gasteiger partial charge in [-0.1, -0.05) is 59.6 Å². The molecule has 18 nitrogen and oxygen atoms in total. The topological polar surface area (TPSA) is 224 Å². The molecule has 3 N–H and O–H groups in total. The molecule has 67 heavy (non-hydrogen) atoms. The number of rotatable bonds is 19. The average molecular weight is 1040 g/mol. The molecule has 0 aliphatic carbocycles. The number of barbiturate groups is 1. The van der Waals surface area contributed by atoms with E-state index in [9.17, 15) is 45.1 Å². The van der Waals surface area contributed by atoms with Crippen LogP contribution >= 0.6 is 46.3 Å². The van der Waals surface area contributed by atoms with Gasteiger partial charge in [0.05, 0.1) is 46.3 Å². The highest BCUT2D eigenvalue weighted by molar-refractivity contribution is 8.04. The fraction of sp³-hybridized carbons (Fsp3) is 0.326. The highest BCUT2D eigenvalue weighted by Crippen LogP contribution is 2.48. The molecule has 5 amide bonds. The van der Waals surface area contributed by atoms with Crippen LogP contribution in [0.4, 0.5) is 16.2 Å². The number of imide groups is 2. The third kappa shape index (κ3) is 11.6. The first-order valence-corrected chi connectivity index (χ1v) is 26.3. The number of carbonyl (C=O) groups is 4. The van der Waals surface area contributed by atoms with E-state index in [0.717, 1.165) is 35.7 Å². The van der Waals surface area contributed by atoms with Crippen molar-refractivity contribution in [3.63, 3.8) is 0 Å². The van der Waals surface area contributed by atoms with Crippen molar-refractivity contribution in [2.75, 3.05) is 61.5 Å². The van der Waals surface area contributed by atoms with E-state index in [2.05, 4.69) is 5.32 Å². The van der Waals surface area contributed by atoms with Crippen molar-refractivity contribution >= 4 is 118 Å². The fourth-order valence-corrected chi connectivity index (χ4v) is 11.0. The number of halogens is 2. The van der Waals surface area contributed by atoms with Crippen LogP contribution in [0.25, 0.3) is 16.3 Å². The first kappa shape index (κ1) is 49.9. The Morgan fingerprint density at radius 3 is 2.34 bits per heavy atom. The number of allylic oxidation sites excluding steroid dienone is 2. The second-order valence-electron chi connectivity index (χ2n) is 15.2. The predicted molar refractivity (Wildman–Crippen MR) is 254 cm³/mol. The smallest absolute Gasteiger partial charge is 0.334 e. The van der Waals surface area contributed by atoms with Gasteiger partial charge in [-0.05, 0) is 74.0 Å². The molecule has 0 atom stereocenters. The molecule has 1 saturated heterocycles. The Labute approximate surface area is 404 Å². The van der Waals surface area contributed by atoms with Gasteiger partial charge in [-0.3, -0.25) is 28.4 Å². The molecular formula is C43H45Cl2N6O12S4+. The summed E-state index contributed by atoms with van der Waals surface area (Å²) in [6.45, 7) is 4.22. The van der Waals surface area contributed by atoms with E-state index in [1.807, 2.05) is 46.7 Å². The lowest BCUT2D eigenvalue weighted by molar-refractivity contribution is -0.668. The maximum absolute atomic E-state index is 13.7. The number of nitrogens with one attached hydrogen (secondary N) is 1. The summed E-state index contributed by atoms with van der Waals surface area (Å²) < 4.78 is 80.2. The van der Waals surface area contributed by atoms with E-state index >= 15 is 0 Å². The number of thiazole rings is 1. The highest BCUT2D eigenvalue weighted by Gasteiger charge is 2.42. The highest BCUT2D eigenvalue weighted by atomic mass is 35.5. The molecule has 0 radical (unpaired) electrons. The molecule has 0 spiro atoms. The van der Waals surface area contributed by atoms with Crippen LogP contribution in [0.15, 0.2) is 93.0 Å². The summed E-state index contributed by atoms with van der Waals surface area (Å²) >= 11 is 15.8. The van der Waals surface area contributed by atoms with Crippen LogP contribution in [-0.4, -0.2) is 111 Å². The normalized spacial score (nSPS) is 17.1. The van der Waals surface area contributed by atoms with Crippen LogP contribution in [-0.2, 0) is 45.9 Å². The van der Waals surface area contributed by atoms with Crippen LogP contribution in [0.2, 0.25) is 10.0 Å². The number of fused-ring (bicyclic) bond motifs is 3. The van der Waals surface area contributed by atoms with Crippen LogP contribution in [0.1, 0.15) is 38.1 Å². The molecule has 0 bridgehead atoms. The fourth-order valence-electron chi connectivity index (χ4n) is 7.40. The Bertz CT molecular complexity index is 2960. The number of hydrogen-bond acceptors (Lipinski definition) is 14. The van der Waals surface area contributed by atoms with Gasteiger partial charge < -0.3 is 24.6 Å². The molecule has 7 rings (SSSR count). The summed E-state index contributed by atoms with van der Waals surface area (Å²) in [4.78, 5) is 59.8. The molecule has 1 fully saturated rings. The van der Waals surface area contributed by atoms with Crippen molar-refractivity contribution in [1.82, 2.24) is 15.1 Å². The van der Waals surface area contributed by atoms with E-state index in [4.69, 9.17) is 32.7 Å². The molecule has 4 aromatic rings. The number of aromatic nitrogens is 1. The van der Waals surface area contributed by atoms with Gasteiger partial charge in [-0.25, -0.2) is 9.69 Å². The number of amides is 5. The van der Waals surface area contributed by atoms with Crippen molar-refractivity contribution in [2.24, 2.45) is 0 Å². The van der Waals surface area contributed by atoms with Crippen molar-refractivity contribution < 1.29 is 59.2 Å². The SMILES string of the molecule is CCCCN1C(=O)C(=CC=C2Oc3ccc(S(=O)(=O)O)cc3N2CC)C(=O)N(CC(=O)NCCOCCN2C(=Cc3sc4ccc(Cl)cc4[n+]3CCCS(=O)(=O)O)Sc3ccc(Cl)cc32)C1=O. The minimum Gasteiger partial charge on any atom is -0.439 e. The Morgan fingerprint density at radius 1 is 0.866 bits per heavy atom. The number of carbonyl (C=O) groups excluding carboxylic acids is 4. The van der Waals surface area contributed by atoms with Gasteiger partial charge in [0.25, 0.3) is 37.1 Å². The Balaban J connectivity index is 0.996. The first-order valence-electron chi connectivity index (χ1n) is 20.9. The van der Waals surface area contributed by atoms with Gasteiger partial charge in [0.1, 0.15) is 16.8 Å². The Morgan fingerprint density at radius 2 is 1.61 bits per heavy atom. The molecule has 4 heterocycles. The van der Waals surface area contributed by atoms with E-state index in [1.54, 1.807) is 24.0 Å². The van der Waals surface area contributed by atoms with Gasteiger partial charge in [0, 0.05) is 53.6 Å². The van der Waals surface area contributed by atoms with Crippen LogP contribution in [0.3, 0.4) is 0 Å². The number of unbranched alkanes of at least 4 members (excludes halogenated alkanes) is 1. The molecule has 3 aromatic carbocycles. The summed E-state index contributed by atoms with van der Waals surface area (Å²) in [5, 5.41) is 5.39. The minimum absolute atomic E-state index is 0.00186. The van der Waals surface area contributed by atoms with Crippen LogP contribution in [0.5, 0.6) is 5.75 Å². The largest absolute Gasteiger partial charge is 0.439 e. The molecule has 0 unspecified atom stereocenters. The molecule has 0 saturated carbocycles. The van der Waals surface area contributed by atoms with Crippen molar-refractivity contribution in [2.45, 2.75) is 49.4 Å². The van der Waals surface area contributed by atoms with E-state index in [1.165, 1.54) is 53.4 Å². The van der Waals surface area contributed by atoms with Crippen molar-refractivity contribution in [1.29, 1.82) is 0 Å².